The molecule has 152 valence electrons. The molecule has 0 spiro atoms. The number of hydrogen-bond donors (Lipinski definition) is 0. The molecule has 0 radical (unpaired) electrons. The van der Waals surface area contributed by atoms with Crippen molar-refractivity contribution in [1.29, 1.82) is 0 Å². The molecule has 1 aliphatic carbocycles. The van der Waals surface area contributed by atoms with Gasteiger partial charge in [0.15, 0.2) is 0 Å². The van der Waals surface area contributed by atoms with Gasteiger partial charge < -0.3 is 14.0 Å². The highest BCUT2D eigenvalue weighted by Crippen LogP contribution is 2.68. The Bertz CT molecular complexity index is 792. The molecule has 2 aliphatic rings. The minimum absolute atomic E-state index is 0.374. The Labute approximate surface area is 168 Å². The Hall–Kier alpha value is -1.85. The fourth-order valence-electron chi connectivity index (χ4n) is 4.55. The van der Waals surface area contributed by atoms with E-state index in [1.54, 1.807) is 0 Å². The fraction of sp³-hybridized carbons (Fsp3) is 0.609. The van der Waals surface area contributed by atoms with Gasteiger partial charge in [-0.05, 0) is 28.9 Å². The van der Waals surface area contributed by atoms with Gasteiger partial charge in [0.25, 0.3) is 0 Å². The summed E-state index contributed by atoms with van der Waals surface area (Å²) < 4.78 is 13.7. The van der Waals surface area contributed by atoms with E-state index in [4.69, 9.17) is 9.47 Å². The standard InChI is InChI=1S/C23H33N3O2/c1-22(2)20(23(22,3)4)17-26-9-8-24-21(26)18-6-5-7-19(16-18)28-15-12-25-10-13-27-14-11-25/h5-9,16,20H,10-15,17H2,1-4H3. The summed E-state index contributed by atoms with van der Waals surface area (Å²) in [6, 6.07) is 8.32. The average molecular weight is 384 g/mol. The summed E-state index contributed by atoms with van der Waals surface area (Å²) in [5, 5.41) is 0. The smallest absolute Gasteiger partial charge is 0.140 e. The van der Waals surface area contributed by atoms with Crippen LogP contribution in [0.5, 0.6) is 5.75 Å². The summed E-state index contributed by atoms with van der Waals surface area (Å²) in [6.07, 6.45) is 4.01. The molecule has 4 rings (SSSR count). The van der Waals surface area contributed by atoms with E-state index in [1.807, 2.05) is 12.3 Å². The molecule has 0 unspecified atom stereocenters. The van der Waals surface area contributed by atoms with Crippen molar-refractivity contribution in [2.24, 2.45) is 16.7 Å². The van der Waals surface area contributed by atoms with Crippen LogP contribution < -0.4 is 4.74 Å². The SMILES string of the molecule is CC1(C)C(Cn2ccnc2-c2cccc(OCCN3CCOCC3)c2)C1(C)C. The lowest BCUT2D eigenvalue weighted by Gasteiger charge is -2.26. The molecule has 1 aliphatic heterocycles. The Morgan fingerprint density at radius 3 is 2.61 bits per heavy atom. The minimum atomic E-state index is 0.374. The van der Waals surface area contributed by atoms with E-state index in [0.29, 0.717) is 23.4 Å². The van der Waals surface area contributed by atoms with Gasteiger partial charge in [0.2, 0.25) is 0 Å². The van der Waals surface area contributed by atoms with Crippen LogP contribution in [-0.4, -0.2) is 53.9 Å². The second-order valence-corrected chi connectivity index (χ2v) is 9.23. The minimum Gasteiger partial charge on any atom is -0.492 e. The van der Waals surface area contributed by atoms with E-state index in [9.17, 15) is 0 Å². The van der Waals surface area contributed by atoms with Crippen LogP contribution in [0.3, 0.4) is 0 Å². The molecule has 5 nitrogen and oxygen atoms in total. The topological polar surface area (TPSA) is 39.5 Å². The number of hydrogen-bond acceptors (Lipinski definition) is 4. The highest BCUT2D eigenvalue weighted by atomic mass is 16.5. The lowest BCUT2D eigenvalue weighted by atomic mass is 10.0. The number of benzene rings is 1. The number of aromatic nitrogens is 2. The number of rotatable bonds is 7. The van der Waals surface area contributed by atoms with Crippen molar-refractivity contribution in [3.8, 4) is 17.1 Å². The van der Waals surface area contributed by atoms with Crippen molar-refractivity contribution in [2.75, 3.05) is 39.5 Å². The van der Waals surface area contributed by atoms with Crippen LogP contribution in [0.15, 0.2) is 36.7 Å². The van der Waals surface area contributed by atoms with Crippen LogP contribution in [0, 0.1) is 16.7 Å². The highest BCUT2D eigenvalue weighted by Gasteiger charge is 2.64. The molecule has 0 N–H and O–H groups in total. The summed E-state index contributed by atoms with van der Waals surface area (Å²) >= 11 is 0. The Kier molecular flexibility index (Phi) is 5.23. The van der Waals surface area contributed by atoms with Gasteiger partial charge in [-0.3, -0.25) is 4.90 Å². The fourth-order valence-corrected chi connectivity index (χ4v) is 4.55. The van der Waals surface area contributed by atoms with E-state index in [2.05, 4.69) is 66.5 Å². The zero-order chi connectivity index (χ0) is 19.8. The summed E-state index contributed by atoms with van der Waals surface area (Å²) in [5.74, 6) is 2.60. The summed E-state index contributed by atoms with van der Waals surface area (Å²) in [7, 11) is 0. The molecular formula is C23H33N3O2. The Morgan fingerprint density at radius 2 is 1.89 bits per heavy atom. The van der Waals surface area contributed by atoms with Crippen LogP contribution in [0.25, 0.3) is 11.4 Å². The van der Waals surface area contributed by atoms with Crippen LogP contribution in [0.1, 0.15) is 27.7 Å². The number of ether oxygens (including phenoxy) is 2. The maximum atomic E-state index is 6.03. The average Bonchev–Trinajstić information content (AvgIpc) is 3.01. The first-order valence-electron chi connectivity index (χ1n) is 10.4. The van der Waals surface area contributed by atoms with E-state index >= 15 is 0 Å². The first-order valence-corrected chi connectivity index (χ1v) is 10.4. The third-order valence-electron chi connectivity index (χ3n) is 7.29. The predicted molar refractivity (Wildman–Crippen MR) is 111 cm³/mol. The quantitative estimate of drug-likeness (QED) is 0.726. The molecule has 5 heteroatoms. The second-order valence-electron chi connectivity index (χ2n) is 9.23. The van der Waals surface area contributed by atoms with Gasteiger partial charge >= 0.3 is 0 Å². The monoisotopic (exact) mass is 383 g/mol. The number of nitrogens with zero attached hydrogens (tertiary/aromatic N) is 3. The van der Waals surface area contributed by atoms with Gasteiger partial charge in [-0.25, -0.2) is 4.98 Å². The van der Waals surface area contributed by atoms with Crippen LogP contribution in [-0.2, 0) is 11.3 Å². The molecule has 28 heavy (non-hydrogen) atoms. The van der Waals surface area contributed by atoms with Crippen molar-refractivity contribution in [3.63, 3.8) is 0 Å². The summed E-state index contributed by atoms with van der Waals surface area (Å²) in [4.78, 5) is 7.03. The third kappa shape index (κ3) is 3.70. The predicted octanol–water partition coefficient (Wildman–Crippen LogP) is 3.94. The zero-order valence-corrected chi connectivity index (χ0v) is 17.6. The van der Waals surface area contributed by atoms with Crippen molar-refractivity contribution < 1.29 is 9.47 Å². The van der Waals surface area contributed by atoms with Gasteiger partial charge in [-0.2, -0.15) is 0 Å². The number of imidazole rings is 1. The second kappa shape index (κ2) is 7.53. The van der Waals surface area contributed by atoms with Gasteiger partial charge in [-0.1, -0.05) is 39.8 Å². The first-order chi connectivity index (χ1) is 13.4. The summed E-state index contributed by atoms with van der Waals surface area (Å²) in [5.41, 5.74) is 1.86. The summed E-state index contributed by atoms with van der Waals surface area (Å²) in [6.45, 7) is 15.8. The zero-order valence-electron chi connectivity index (χ0n) is 17.6. The normalized spacial score (nSPS) is 21.6. The number of morpholine rings is 1. The van der Waals surface area contributed by atoms with E-state index in [-0.39, 0.29) is 0 Å². The van der Waals surface area contributed by atoms with E-state index in [1.165, 1.54) is 0 Å². The Morgan fingerprint density at radius 1 is 1.14 bits per heavy atom. The molecule has 1 saturated heterocycles. The van der Waals surface area contributed by atoms with E-state index in [0.717, 1.165) is 56.5 Å². The van der Waals surface area contributed by atoms with Crippen LogP contribution >= 0.6 is 0 Å². The lowest BCUT2D eigenvalue weighted by molar-refractivity contribution is 0.0322. The van der Waals surface area contributed by atoms with Crippen molar-refractivity contribution in [3.05, 3.63) is 36.7 Å². The van der Waals surface area contributed by atoms with Crippen molar-refractivity contribution in [2.45, 2.75) is 34.2 Å². The molecule has 2 heterocycles. The maximum Gasteiger partial charge on any atom is 0.140 e. The van der Waals surface area contributed by atoms with Gasteiger partial charge in [0.1, 0.15) is 18.2 Å². The van der Waals surface area contributed by atoms with E-state index < -0.39 is 0 Å². The molecular weight excluding hydrogens is 350 g/mol. The Balaban J connectivity index is 1.40. The first kappa shape index (κ1) is 19.5. The van der Waals surface area contributed by atoms with Crippen LogP contribution in [0.4, 0.5) is 0 Å². The van der Waals surface area contributed by atoms with Gasteiger partial charge in [-0.15, -0.1) is 0 Å². The molecule has 0 bridgehead atoms. The highest BCUT2D eigenvalue weighted by molar-refractivity contribution is 5.58. The molecule has 1 saturated carbocycles. The maximum absolute atomic E-state index is 6.03. The molecule has 1 aromatic heterocycles. The molecule has 2 aromatic rings. The van der Waals surface area contributed by atoms with Crippen molar-refractivity contribution in [1.82, 2.24) is 14.5 Å². The van der Waals surface area contributed by atoms with Crippen molar-refractivity contribution >= 4 is 0 Å². The largest absolute Gasteiger partial charge is 0.492 e. The third-order valence-corrected chi connectivity index (χ3v) is 7.29. The van der Waals surface area contributed by atoms with Gasteiger partial charge in [0.05, 0.1) is 13.2 Å². The van der Waals surface area contributed by atoms with Crippen LogP contribution in [0.2, 0.25) is 0 Å². The molecule has 0 amide bonds. The lowest BCUT2D eigenvalue weighted by Crippen LogP contribution is -2.38. The molecule has 2 fully saturated rings. The molecule has 1 aromatic carbocycles. The van der Waals surface area contributed by atoms with Gasteiger partial charge in [0, 0.05) is 44.1 Å². The molecule has 0 atom stereocenters.